The third-order valence-corrected chi connectivity index (χ3v) is 5.67. The van der Waals surface area contributed by atoms with E-state index in [-0.39, 0.29) is 23.6 Å². The second kappa shape index (κ2) is 7.58. The Morgan fingerprint density at radius 1 is 1.04 bits per heavy atom. The Kier molecular flexibility index (Phi) is 5.01. The van der Waals surface area contributed by atoms with Crippen LogP contribution in [0.3, 0.4) is 0 Å². The molecule has 1 aromatic carbocycles. The summed E-state index contributed by atoms with van der Waals surface area (Å²) in [5.41, 5.74) is 1.06. The fraction of sp³-hybridized carbons (Fsp3) is 0.550. The zero-order chi connectivity index (χ0) is 18.8. The molecule has 0 atom stereocenters. The molecule has 144 valence electrons. The average Bonchev–Trinajstić information content (AvgIpc) is 3.16. The first-order chi connectivity index (χ1) is 13.1. The predicted octanol–water partition coefficient (Wildman–Crippen LogP) is 1.88. The zero-order valence-electron chi connectivity index (χ0n) is 15.4. The zero-order valence-corrected chi connectivity index (χ0v) is 15.4. The summed E-state index contributed by atoms with van der Waals surface area (Å²) >= 11 is 0. The van der Waals surface area contributed by atoms with Crippen LogP contribution in [-0.2, 0) is 9.59 Å². The van der Waals surface area contributed by atoms with Crippen LogP contribution in [0, 0.1) is 5.92 Å². The van der Waals surface area contributed by atoms with Gasteiger partial charge in [-0.2, -0.15) is 0 Å². The predicted molar refractivity (Wildman–Crippen MR) is 99.6 cm³/mol. The van der Waals surface area contributed by atoms with Crippen molar-refractivity contribution in [3.05, 3.63) is 23.8 Å². The lowest BCUT2D eigenvalue weighted by atomic mass is 10.1. The first-order valence-corrected chi connectivity index (χ1v) is 9.76. The Morgan fingerprint density at radius 3 is 2.48 bits per heavy atom. The van der Waals surface area contributed by atoms with E-state index >= 15 is 0 Å². The quantitative estimate of drug-likeness (QED) is 0.861. The van der Waals surface area contributed by atoms with Crippen LogP contribution in [0.25, 0.3) is 0 Å². The number of ether oxygens (including phenoxy) is 1. The van der Waals surface area contributed by atoms with Crippen molar-refractivity contribution < 1.29 is 19.1 Å². The number of rotatable bonds is 2. The van der Waals surface area contributed by atoms with Gasteiger partial charge in [-0.25, -0.2) is 0 Å². The molecule has 2 heterocycles. The van der Waals surface area contributed by atoms with E-state index in [2.05, 4.69) is 5.32 Å². The molecule has 0 unspecified atom stereocenters. The molecule has 0 aromatic heterocycles. The van der Waals surface area contributed by atoms with Crippen LogP contribution in [-0.4, -0.2) is 60.3 Å². The third-order valence-electron chi connectivity index (χ3n) is 5.67. The molecule has 0 radical (unpaired) electrons. The summed E-state index contributed by atoms with van der Waals surface area (Å²) in [6, 6.07) is 5.14. The van der Waals surface area contributed by atoms with Crippen LogP contribution in [0.5, 0.6) is 5.75 Å². The number of benzene rings is 1. The van der Waals surface area contributed by atoms with Crippen LogP contribution in [0.4, 0.5) is 5.69 Å². The molecular formula is C20H25N3O4. The smallest absolute Gasteiger partial charge is 0.254 e. The van der Waals surface area contributed by atoms with Gasteiger partial charge in [0.15, 0.2) is 0 Å². The maximum absolute atomic E-state index is 12.9. The van der Waals surface area contributed by atoms with Gasteiger partial charge in [0.25, 0.3) is 5.91 Å². The normalized spacial score (nSPS) is 20.5. The maximum Gasteiger partial charge on any atom is 0.254 e. The Hall–Kier alpha value is -2.57. The number of hydrogen-bond acceptors (Lipinski definition) is 4. The van der Waals surface area contributed by atoms with Crippen LogP contribution in [0.2, 0.25) is 0 Å². The third kappa shape index (κ3) is 3.77. The summed E-state index contributed by atoms with van der Waals surface area (Å²) < 4.78 is 5.54. The van der Waals surface area contributed by atoms with Crippen LogP contribution in [0.1, 0.15) is 42.5 Å². The van der Waals surface area contributed by atoms with E-state index in [1.807, 2.05) is 4.90 Å². The fourth-order valence-corrected chi connectivity index (χ4v) is 4.10. The standard InChI is InChI=1S/C20H25N3O4/c24-18-7-12-27-17-6-5-15(13-16(17)21-18)20(26)23-10-8-22(9-11-23)19(25)14-3-1-2-4-14/h5-6,13-14H,1-4,7-12H2,(H,21,24). The molecule has 1 saturated heterocycles. The minimum absolute atomic E-state index is 0.0794. The number of piperazine rings is 1. The topological polar surface area (TPSA) is 79.0 Å². The van der Waals surface area contributed by atoms with Crippen LogP contribution >= 0.6 is 0 Å². The Bertz CT molecular complexity index is 750. The van der Waals surface area contributed by atoms with E-state index in [0.29, 0.717) is 56.2 Å². The monoisotopic (exact) mass is 371 g/mol. The molecule has 3 amide bonds. The molecule has 0 spiro atoms. The van der Waals surface area contributed by atoms with Crippen molar-refractivity contribution in [1.29, 1.82) is 0 Å². The number of anilines is 1. The molecule has 1 N–H and O–H groups in total. The minimum Gasteiger partial charge on any atom is -0.491 e. The van der Waals surface area contributed by atoms with E-state index in [1.54, 1.807) is 23.1 Å². The van der Waals surface area contributed by atoms with E-state index in [9.17, 15) is 14.4 Å². The summed E-state index contributed by atoms with van der Waals surface area (Å²) in [5, 5.41) is 2.79. The van der Waals surface area contributed by atoms with Gasteiger partial charge < -0.3 is 19.9 Å². The Labute approximate surface area is 158 Å². The molecular weight excluding hydrogens is 346 g/mol. The highest BCUT2D eigenvalue weighted by atomic mass is 16.5. The van der Waals surface area contributed by atoms with Crippen molar-refractivity contribution in [3.8, 4) is 5.75 Å². The maximum atomic E-state index is 12.9. The van der Waals surface area contributed by atoms with Gasteiger partial charge >= 0.3 is 0 Å². The van der Waals surface area contributed by atoms with E-state index in [4.69, 9.17) is 4.74 Å². The second-order valence-electron chi connectivity index (χ2n) is 7.46. The van der Waals surface area contributed by atoms with Crippen molar-refractivity contribution in [3.63, 3.8) is 0 Å². The second-order valence-corrected chi connectivity index (χ2v) is 7.46. The molecule has 1 saturated carbocycles. The molecule has 7 heteroatoms. The van der Waals surface area contributed by atoms with Gasteiger partial charge in [0, 0.05) is 37.7 Å². The molecule has 1 aliphatic carbocycles. The summed E-state index contributed by atoms with van der Waals surface area (Å²) in [7, 11) is 0. The number of nitrogens with one attached hydrogen (secondary N) is 1. The SMILES string of the molecule is O=C1CCOc2ccc(C(=O)N3CCN(C(=O)C4CCCC4)CC3)cc2N1. The lowest BCUT2D eigenvalue weighted by Gasteiger charge is -2.36. The lowest BCUT2D eigenvalue weighted by molar-refractivity contribution is -0.136. The van der Waals surface area contributed by atoms with Crippen molar-refractivity contribution >= 4 is 23.4 Å². The summed E-state index contributed by atoms with van der Waals surface area (Å²) in [6.07, 6.45) is 4.59. The van der Waals surface area contributed by atoms with Gasteiger partial charge in [0.05, 0.1) is 18.7 Å². The summed E-state index contributed by atoms with van der Waals surface area (Å²) in [5.74, 6) is 0.830. The van der Waals surface area contributed by atoms with Gasteiger partial charge in [-0.1, -0.05) is 12.8 Å². The Morgan fingerprint density at radius 2 is 1.74 bits per heavy atom. The Balaban J connectivity index is 1.39. The molecule has 4 rings (SSSR count). The van der Waals surface area contributed by atoms with Gasteiger partial charge in [0.1, 0.15) is 5.75 Å². The molecule has 7 nitrogen and oxygen atoms in total. The van der Waals surface area contributed by atoms with Gasteiger partial charge in [0.2, 0.25) is 11.8 Å². The fourth-order valence-electron chi connectivity index (χ4n) is 4.10. The molecule has 0 bridgehead atoms. The van der Waals surface area contributed by atoms with E-state index in [0.717, 1.165) is 25.7 Å². The van der Waals surface area contributed by atoms with Gasteiger partial charge in [-0.15, -0.1) is 0 Å². The van der Waals surface area contributed by atoms with E-state index in [1.165, 1.54) is 0 Å². The van der Waals surface area contributed by atoms with Crippen LogP contribution < -0.4 is 10.1 Å². The summed E-state index contributed by atoms with van der Waals surface area (Å²) in [4.78, 5) is 40.8. The van der Waals surface area contributed by atoms with Gasteiger partial charge in [-0.3, -0.25) is 14.4 Å². The van der Waals surface area contributed by atoms with Crippen molar-refractivity contribution in [2.75, 3.05) is 38.1 Å². The highest BCUT2D eigenvalue weighted by Crippen LogP contribution is 2.29. The number of amides is 3. The molecule has 1 aromatic rings. The van der Waals surface area contributed by atoms with E-state index < -0.39 is 0 Å². The lowest BCUT2D eigenvalue weighted by Crippen LogP contribution is -2.51. The van der Waals surface area contributed by atoms with Crippen LogP contribution in [0.15, 0.2) is 18.2 Å². The molecule has 3 aliphatic rings. The number of fused-ring (bicyclic) bond motifs is 1. The van der Waals surface area contributed by atoms with Crippen molar-refractivity contribution in [2.24, 2.45) is 5.92 Å². The molecule has 2 aliphatic heterocycles. The highest BCUT2D eigenvalue weighted by Gasteiger charge is 2.31. The highest BCUT2D eigenvalue weighted by molar-refractivity contribution is 5.98. The average molecular weight is 371 g/mol. The first kappa shape index (κ1) is 17.8. The van der Waals surface area contributed by atoms with Crippen molar-refractivity contribution in [2.45, 2.75) is 32.1 Å². The number of carbonyl (C=O) groups excluding carboxylic acids is 3. The number of carbonyl (C=O) groups is 3. The van der Waals surface area contributed by atoms with Crippen molar-refractivity contribution in [1.82, 2.24) is 9.80 Å². The molecule has 2 fully saturated rings. The minimum atomic E-state index is -0.114. The number of nitrogens with zero attached hydrogens (tertiary/aromatic N) is 2. The number of hydrogen-bond donors (Lipinski definition) is 1. The summed E-state index contributed by atoms with van der Waals surface area (Å²) in [6.45, 7) is 2.59. The largest absolute Gasteiger partial charge is 0.491 e. The molecule has 27 heavy (non-hydrogen) atoms. The van der Waals surface area contributed by atoms with Gasteiger partial charge in [-0.05, 0) is 31.0 Å². The first-order valence-electron chi connectivity index (χ1n) is 9.76.